The lowest BCUT2D eigenvalue weighted by atomic mass is 10.1. The maximum Gasteiger partial charge on any atom is 0.261 e. The third kappa shape index (κ3) is 3.98. The maximum absolute atomic E-state index is 12.8. The van der Waals surface area contributed by atoms with Crippen LogP contribution in [0.25, 0.3) is 0 Å². The second-order valence-electron chi connectivity index (χ2n) is 5.97. The molecule has 0 radical (unpaired) electrons. The van der Waals surface area contributed by atoms with Crippen LogP contribution in [0, 0.1) is 0 Å². The molecule has 0 aliphatic carbocycles. The summed E-state index contributed by atoms with van der Waals surface area (Å²) in [5, 5.41) is 3.42. The fourth-order valence-electron chi connectivity index (χ4n) is 2.92. The Kier molecular flexibility index (Phi) is 6.08. The highest BCUT2D eigenvalue weighted by Gasteiger charge is 2.23. The van der Waals surface area contributed by atoms with E-state index in [2.05, 4.69) is 10.3 Å². The predicted octanol–water partition coefficient (Wildman–Crippen LogP) is 2.95. The van der Waals surface area contributed by atoms with Crippen LogP contribution in [0.4, 0.5) is 0 Å². The number of amides is 1. The van der Waals surface area contributed by atoms with Crippen molar-refractivity contribution in [2.24, 2.45) is 16.5 Å². The molecule has 5 nitrogen and oxygen atoms in total. The van der Waals surface area contributed by atoms with Crippen molar-refractivity contribution in [3.63, 3.8) is 0 Å². The molecule has 0 spiro atoms. The first kappa shape index (κ1) is 18.6. The number of aryl methyl sites for hydroxylation is 1. The van der Waals surface area contributed by atoms with Gasteiger partial charge in [0.15, 0.2) is 0 Å². The summed E-state index contributed by atoms with van der Waals surface area (Å²) in [6.07, 6.45) is 3.13. The van der Waals surface area contributed by atoms with Crippen molar-refractivity contribution >= 4 is 34.6 Å². The monoisotopic (exact) mass is 388 g/mol. The highest BCUT2D eigenvalue weighted by Crippen LogP contribution is 2.30. The van der Waals surface area contributed by atoms with Crippen molar-refractivity contribution in [3.8, 4) is 0 Å². The highest BCUT2D eigenvalue weighted by molar-refractivity contribution is 7.14. The van der Waals surface area contributed by atoms with Gasteiger partial charge in [0.25, 0.3) is 5.91 Å². The Labute approximate surface area is 161 Å². The second-order valence-corrected chi connectivity index (χ2v) is 7.51. The van der Waals surface area contributed by atoms with Crippen LogP contribution < -0.4 is 16.8 Å². The number of rotatable bonds is 5. The Bertz CT molecular complexity index is 844. The summed E-state index contributed by atoms with van der Waals surface area (Å²) >= 11 is 7.69. The highest BCUT2D eigenvalue weighted by atomic mass is 35.5. The number of thiophene rings is 1. The molecule has 0 saturated heterocycles. The average Bonchev–Trinajstić information content (AvgIpc) is 3.00. The fourth-order valence-corrected chi connectivity index (χ4v) is 4.19. The van der Waals surface area contributed by atoms with E-state index in [1.807, 2.05) is 36.4 Å². The van der Waals surface area contributed by atoms with Crippen LogP contribution >= 0.6 is 22.9 Å². The molecule has 1 amide bonds. The summed E-state index contributed by atoms with van der Waals surface area (Å²) in [6.45, 7) is 1.03. The number of fused-ring (bicyclic) bond motifs is 1. The Hall–Kier alpha value is -2.15. The summed E-state index contributed by atoms with van der Waals surface area (Å²) in [4.78, 5) is 19.0. The van der Waals surface area contributed by atoms with Crippen molar-refractivity contribution in [2.45, 2.75) is 18.9 Å². The summed E-state index contributed by atoms with van der Waals surface area (Å²) in [7, 11) is 0. The minimum absolute atomic E-state index is 0.144. The van der Waals surface area contributed by atoms with Gasteiger partial charge in [-0.05, 0) is 24.5 Å². The molecule has 1 aromatic carbocycles. The van der Waals surface area contributed by atoms with E-state index < -0.39 is 0 Å². The molecule has 2 heterocycles. The predicted molar refractivity (Wildman–Crippen MR) is 108 cm³/mol. The topological polar surface area (TPSA) is 93.5 Å². The minimum Gasteiger partial charge on any atom is -0.403 e. The lowest BCUT2D eigenvalue weighted by Crippen LogP contribution is -2.32. The molecule has 1 unspecified atom stereocenters. The molecule has 1 aliphatic rings. The van der Waals surface area contributed by atoms with Crippen molar-refractivity contribution in [3.05, 3.63) is 68.5 Å². The van der Waals surface area contributed by atoms with Gasteiger partial charge in [-0.2, -0.15) is 0 Å². The minimum atomic E-state index is -0.230. The number of carbonyl (C=O) groups excluding carboxylic acids is 1. The van der Waals surface area contributed by atoms with Gasteiger partial charge in [-0.15, -0.1) is 11.3 Å². The summed E-state index contributed by atoms with van der Waals surface area (Å²) in [6, 6.07) is 11.3. The SMILES string of the molecule is NC=C(Cl)C1=NCCCc2sc(C(=O)NC(CN)c3ccccc3)cc21. The zero-order valence-electron chi connectivity index (χ0n) is 14.2. The van der Waals surface area contributed by atoms with Gasteiger partial charge >= 0.3 is 0 Å². The quantitative estimate of drug-likeness (QED) is 0.735. The molecule has 1 aromatic heterocycles. The van der Waals surface area contributed by atoms with E-state index in [0.29, 0.717) is 28.7 Å². The van der Waals surface area contributed by atoms with E-state index in [1.54, 1.807) is 0 Å². The first-order valence-electron chi connectivity index (χ1n) is 8.45. The van der Waals surface area contributed by atoms with Gasteiger partial charge in [0.2, 0.25) is 0 Å². The first-order valence-corrected chi connectivity index (χ1v) is 9.64. The smallest absolute Gasteiger partial charge is 0.261 e. The Morgan fingerprint density at radius 3 is 2.85 bits per heavy atom. The molecule has 1 atom stereocenters. The van der Waals surface area contributed by atoms with Crippen LogP contribution in [0.5, 0.6) is 0 Å². The van der Waals surface area contributed by atoms with Crippen LogP contribution in [0.2, 0.25) is 0 Å². The average molecular weight is 389 g/mol. The zero-order valence-corrected chi connectivity index (χ0v) is 15.8. The number of halogens is 1. The lowest BCUT2D eigenvalue weighted by Gasteiger charge is -2.16. The van der Waals surface area contributed by atoms with Gasteiger partial charge in [0, 0.05) is 29.7 Å². The van der Waals surface area contributed by atoms with E-state index in [9.17, 15) is 4.79 Å². The zero-order chi connectivity index (χ0) is 18.5. The first-order chi connectivity index (χ1) is 12.6. The van der Waals surface area contributed by atoms with Crippen LogP contribution in [0.1, 0.15) is 38.1 Å². The van der Waals surface area contributed by atoms with Gasteiger partial charge in [-0.25, -0.2) is 0 Å². The van der Waals surface area contributed by atoms with E-state index in [-0.39, 0.29) is 11.9 Å². The summed E-state index contributed by atoms with van der Waals surface area (Å²) < 4.78 is 0. The number of aliphatic imine (C=N–C) groups is 1. The maximum atomic E-state index is 12.8. The third-order valence-electron chi connectivity index (χ3n) is 4.24. The van der Waals surface area contributed by atoms with Gasteiger partial charge in [0.05, 0.1) is 21.7 Å². The number of benzene rings is 1. The molecule has 3 rings (SSSR count). The summed E-state index contributed by atoms with van der Waals surface area (Å²) in [5.74, 6) is -0.144. The number of carbonyl (C=O) groups is 1. The molecule has 0 bridgehead atoms. The molecule has 7 heteroatoms. The molecule has 136 valence electrons. The number of nitrogens with two attached hydrogens (primary N) is 2. The van der Waals surface area contributed by atoms with Crippen LogP contribution in [0.3, 0.4) is 0 Å². The number of allylic oxidation sites excluding steroid dienone is 1. The van der Waals surface area contributed by atoms with E-state index in [1.165, 1.54) is 17.5 Å². The molecule has 26 heavy (non-hydrogen) atoms. The Balaban J connectivity index is 1.85. The molecule has 2 aromatic rings. The lowest BCUT2D eigenvalue weighted by molar-refractivity contribution is 0.0942. The van der Waals surface area contributed by atoms with E-state index in [0.717, 1.165) is 28.8 Å². The Morgan fingerprint density at radius 1 is 1.38 bits per heavy atom. The van der Waals surface area contributed by atoms with Gasteiger partial charge in [-0.3, -0.25) is 9.79 Å². The normalized spacial score (nSPS) is 15.6. The van der Waals surface area contributed by atoms with Crippen LogP contribution in [0.15, 0.2) is 52.6 Å². The van der Waals surface area contributed by atoms with E-state index in [4.69, 9.17) is 23.1 Å². The van der Waals surface area contributed by atoms with Crippen molar-refractivity contribution in [1.29, 1.82) is 0 Å². The second kappa shape index (κ2) is 8.49. The number of nitrogens with zero attached hydrogens (tertiary/aromatic N) is 1. The Morgan fingerprint density at radius 2 is 2.15 bits per heavy atom. The standard InChI is InChI=1S/C19H21ClN4OS/c20-14(10-21)18-13-9-17(26-16(13)7-4-8-23-18)19(25)24-15(11-22)12-5-2-1-3-6-12/h1-3,5-6,9-10,15H,4,7-8,11,21-22H2,(H,24,25). The number of hydrogen-bond donors (Lipinski definition) is 3. The van der Waals surface area contributed by atoms with Crippen LogP contribution in [-0.4, -0.2) is 24.7 Å². The number of nitrogens with one attached hydrogen (secondary N) is 1. The van der Waals surface area contributed by atoms with Crippen molar-refractivity contribution in [1.82, 2.24) is 5.32 Å². The molecular formula is C19H21ClN4OS. The van der Waals surface area contributed by atoms with Gasteiger partial charge in [0.1, 0.15) is 0 Å². The van der Waals surface area contributed by atoms with Crippen LogP contribution in [-0.2, 0) is 6.42 Å². The van der Waals surface area contributed by atoms with Crippen molar-refractivity contribution in [2.75, 3.05) is 13.1 Å². The summed E-state index contributed by atoms with van der Waals surface area (Å²) in [5.41, 5.74) is 14.0. The third-order valence-corrected chi connectivity index (χ3v) is 5.73. The van der Waals surface area contributed by atoms with Crippen molar-refractivity contribution < 1.29 is 4.79 Å². The van der Waals surface area contributed by atoms with E-state index >= 15 is 0 Å². The largest absolute Gasteiger partial charge is 0.403 e. The molecule has 0 saturated carbocycles. The molecular weight excluding hydrogens is 368 g/mol. The molecule has 0 fully saturated rings. The molecule has 5 N–H and O–H groups in total. The fraction of sp³-hybridized carbons (Fsp3) is 0.263. The molecule has 1 aliphatic heterocycles. The number of hydrogen-bond acceptors (Lipinski definition) is 5. The van der Waals surface area contributed by atoms with Gasteiger partial charge < -0.3 is 16.8 Å². The van der Waals surface area contributed by atoms with Gasteiger partial charge in [-0.1, -0.05) is 41.9 Å².